The van der Waals surface area contributed by atoms with E-state index in [4.69, 9.17) is 0 Å². The van der Waals surface area contributed by atoms with Gasteiger partial charge in [-0.25, -0.2) is 8.42 Å². The van der Waals surface area contributed by atoms with Crippen LogP contribution in [0.4, 0.5) is 10.8 Å². The van der Waals surface area contributed by atoms with Crippen molar-refractivity contribution in [1.82, 2.24) is 10.2 Å². The Morgan fingerprint density at radius 3 is 2.43 bits per heavy atom. The number of para-hydroxylation sites is 1. The molecule has 28 heavy (non-hydrogen) atoms. The first-order valence-electron chi connectivity index (χ1n) is 8.33. The number of nitrogens with one attached hydrogen (secondary N) is 1. The van der Waals surface area contributed by atoms with Gasteiger partial charge in [-0.2, -0.15) is 0 Å². The fourth-order valence-electron chi connectivity index (χ4n) is 2.32. The minimum atomic E-state index is -3.72. The number of aromatic nitrogens is 2. The van der Waals surface area contributed by atoms with Crippen LogP contribution in [0, 0.1) is 0 Å². The molecule has 0 saturated heterocycles. The molecular formula is C18H18N4O3S3. The van der Waals surface area contributed by atoms with Gasteiger partial charge in [-0.05, 0) is 42.2 Å². The van der Waals surface area contributed by atoms with E-state index in [2.05, 4.69) is 15.5 Å². The zero-order valence-corrected chi connectivity index (χ0v) is 17.6. The van der Waals surface area contributed by atoms with Crippen LogP contribution in [-0.2, 0) is 10.0 Å². The lowest BCUT2D eigenvalue weighted by Gasteiger charge is -2.19. The van der Waals surface area contributed by atoms with Crippen molar-refractivity contribution in [2.24, 2.45) is 0 Å². The van der Waals surface area contributed by atoms with E-state index in [1.54, 1.807) is 36.0 Å². The second kappa shape index (κ2) is 8.72. The molecule has 146 valence electrons. The number of rotatable bonds is 7. The van der Waals surface area contributed by atoms with E-state index >= 15 is 0 Å². The molecule has 7 nitrogen and oxygen atoms in total. The maximum Gasteiger partial charge on any atom is 0.264 e. The van der Waals surface area contributed by atoms with Crippen LogP contribution in [-0.4, -0.2) is 37.3 Å². The predicted octanol–water partition coefficient (Wildman–Crippen LogP) is 3.73. The molecule has 0 spiro atoms. The standard InChI is InChI=1S/C18H18N4O3S3/c1-3-26-18-21-20-17(27-18)19-16(23)13-9-11-15(12-10-13)28(24,25)22(2)14-7-5-4-6-8-14/h4-12H,3H2,1-2H3,(H,19,20,23). The van der Waals surface area contributed by atoms with E-state index in [0.29, 0.717) is 16.4 Å². The average molecular weight is 435 g/mol. The van der Waals surface area contributed by atoms with Crippen LogP contribution in [0.5, 0.6) is 0 Å². The molecule has 1 N–H and O–H groups in total. The van der Waals surface area contributed by atoms with Gasteiger partial charge >= 0.3 is 0 Å². The van der Waals surface area contributed by atoms with Crippen molar-refractivity contribution in [3.8, 4) is 0 Å². The van der Waals surface area contributed by atoms with E-state index in [-0.39, 0.29) is 10.8 Å². The first kappa shape index (κ1) is 20.3. The summed E-state index contributed by atoms with van der Waals surface area (Å²) in [4.78, 5) is 12.5. The Morgan fingerprint density at radius 2 is 1.79 bits per heavy atom. The second-order valence-electron chi connectivity index (χ2n) is 5.59. The summed E-state index contributed by atoms with van der Waals surface area (Å²) in [6, 6.07) is 14.6. The molecule has 0 saturated carbocycles. The molecule has 0 radical (unpaired) electrons. The fraction of sp³-hybridized carbons (Fsp3) is 0.167. The lowest BCUT2D eigenvalue weighted by Crippen LogP contribution is -2.26. The highest BCUT2D eigenvalue weighted by molar-refractivity contribution is 8.01. The Morgan fingerprint density at radius 1 is 1.11 bits per heavy atom. The third-order valence-corrected chi connectivity index (χ3v) is 7.44. The highest BCUT2D eigenvalue weighted by atomic mass is 32.2. The van der Waals surface area contributed by atoms with Crippen LogP contribution >= 0.6 is 23.1 Å². The van der Waals surface area contributed by atoms with E-state index < -0.39 is 10.0 Å². The van der Waals surface area contributed by atoms with Gasteiger partial charge < -0.3 is 0 Å². The minimum Gasteiger partial charge on any atom is -0.296 e. The van der Waals surface area contributed by atoms with Gasteiger partial charge in [0.05, 0.1) is 10.6 Å². The quantitative estimate of drug-likeness (QED) is 0.450. The second-order valence-corrected chi connectivity index (χ2v) is 10.1. The largest absolute Gasteiger partial charge is 0.296 e. The highest BCUT2D eigenvalue weighted by Gasteiger charge is 2.21. The fourth-order valence-corrected chi connectivity index (χ4v) is 5.16. The number of sulfonamides is 1. The van der Waals surface area contributed by atoms with Crippen molar-refractivity contribution in [3.05, 3.63) is 60.2 Å². The summed E-state index contributed by atoms with van der Waals surface area (Å²) in [5, 5.41) is 11.0. The van der Waals surface area contributed by atoms with Crippen molar-refractivity contribution < 1.29 is 13.2 Å². The van der Waals surface area contributed by atoms with Gasteiger partial charge in [-0.1, -0.05) is 48.2 Å². The molecule has 0 aliphatic carbocycles. The van der Waals surface area contributed by atoms with Gasteiger partial charge in [0, 0.05) is 12.6 Å². The molecule has 3 rings (SSSR count). The molecule has 0 bridgehead atoms. The normalized spacial score (nSPS) is 11.2. The number of carbonyl (C=O) groups is 1. The summed E-state index contributed by atoms with van der Waals surface area (Å²) in [5.41, 5.74) is 0.891. The number of hydrogen-bond acceptors (Lipinski definition) is 7. The third-order valence-electron chi connectivity index (χ3n) is 3.79. The van der Waals surface area contributed by atoms with Crippen LogP contribution in [0.1, 0.15) is 17.3 Å². The lowest BCUT2D eigenvalue weighted by atomic mass is 10.2. The molecule has 0 unspecified atom stereocenters. The summed E-state index contributed by atoms with van der Waals surface area (Å²) in [5.74, 6) is 0.500. The maximum atomic E-state index is 12.8. The number of hydrogen-bond donors (Lipinski definition) is 1. The summed E-state index contributed by atoms with van der Waals surface area (Å²) >= 11 is 2.84. The first-order valence-corrected chi connectivity index (χ1v) is 11.6. The number of anilines is 2. The van der Waals surface area contributed by atoms with Crippen LogP contribution in [0.15, 0.2) is 63.8 Å². The Bertz CT molecular complexity index is 1050. The Hall–Kier alpha value is -2.43. The summed E-state index contributed by atoms with van der Waals surface area (Å²) < 4.78 is 27.5. The highest BCUT2D eigenvalue weighted by Crippen LogP contribution is 2.26. The van der Waals surface area contributed by atoms with Crippen molar-refractivity contribution in [2.45, 2.75) is 16.2 Å². The summed E-state index contributed by atoms with van der Waals surface area (Å²) in [6.45, 7) is 2.01. The molecule has 1 amide bonds. The minimum absolute atomic E-state index is 0.105. The number of amides is 1. The van der Waals surface area contributed by atoms with Gasteiger partial charge in [0.15, 0.2) is 4.34 Å². The molecule has 0 fully saturated rings. The summed E-state index contributed by atoms with van der Waals surface area (Å²) in [6.07, 6.45) is 0. The molecular weight excluding hydrogens is 416 g/mol. The maximum absolute atomic E-state index is 12.8. The number of carbonyl (C=O) groups excluding carboxylic acids is 1. The van der Waals surface area contributed by atoms with Crippen molar-refractivity contribution in [2.75, 3.05) is 22.4 Å². The Labute approximate surface area is 171 Å². The molecule has 0 atom stereocenters. The van der Waals surface area contributed by atoms with Crippen LogP contribution in [0.2, 0.25) is 0 Å². The molecule has 0 aliphatic heterocycles. The number of nitrogens with zero attached hydrogens (tertiary/aromatic N) is 3. The molecule has 1 heterocycles. The molecule has 3 aromatic rings. The Kier molecular flexibility index (Phi) is 6.32. The van der Waals surface area contributed by atoms with Crippen molar-refractivity contribution in [1.29, 1.82) is 0 Å². The number of thioether (sulfide) groups is 1. The molecule has 10 heteroatoms. The van der Waals surface area contributed by atoms with Crippen molar-refractivity contribution in [3.63, 3.8) is 0 Å². The van der Waals surface area contributed by atoms with E-state index in [1.165, 1.54) is 47.0 Å². The molecule has 0 aliphatic rings. The smallest absolute Gasteiger partial charge is 0.264 e. The van der Waals surface area contributed by atoms with Gasteiger partial charge in [0.1, 0.15) is 0 Å². The van der Waals surface area contributed by atoms with Gasteiger partial charge in [-0.3, -0.25) is 14.4 Å². The van der Waals surface area contributed by atoms with Crippen LogP contribution < -0.4 is 9.62 Å². The van der Waals surface area contributed by atoms with Crippen molar-refractivity contribution >= 4 is 49.8 Å². The van der Waals surface area contributed by atoms with E-state index in [1.807, 2.05) is 13.0 Å². The number of benzene rings is 2. The van der Waals surface area contributed by atoms with Gasteiger partial charge in [0.2, 0.25) is 5.13 Å². The van der Waals surface area contributed by atoms with E-state index in [0.717, 1.165) is 10.1 Å². The zero-order valence-electron chi connectivity index (χ0n) is 15.2. The monoisotopic (exact) mass is 434 g/mol. The molecule has 2 aromatic carbocycles. The van der Waals surface area contributed by atoms with Crippen LogP contribution in [0.25, 0.3) is 0 Å². The SMILES string of the molecule is CCSc1nnc(NC(=O)c2ccc(S(=O)(=O)N(C)c3ccccc3)cc2)s1. The topological polar surface area (TPSA) is 92.3 Å². The average Bonchev–Trinajstić information content (AvgIpc) is 3.15. The zero-order chi connectivity index (χ0) is 20.1. The van der Waals surface area contributed by atoms with E-state index in [9.17, 15) is 13.2 Å². The lowest BCUT2D eigenvalue weighted by molar-refractivity contribution is 0.102. The van der Waals surface area contributed by atoms with Crippen LogP contribution in [0.3, 0.4) is 0 Å². The van der Waals surface area contributed by atoms with Gasteiger partial charge in [0.25, 0.3) is 15.9 Å². The van der Waals surface area contributed by atoms with Gasteiger partial charge in [-0.15, -0.1) is 10.2 Å². The first-order chi connectivity index (χ1) is 13.4. The third kappa shape index (κ3) is 4.51. The Balaban J connectivity index is 1.74. The molecule has 1 aromatic heterocycles. The predicted molar refractivity (Wildman–Crippen MR) is 113 cm³/mol. The summed E-state index contributed by atoms with van der Waals surface area (Å²) in [7, 11) is -2.23.